The van der Waals surface area contributed by atoms with E-state index in [-0.39, 0.29) is 16.8 Å². The number of nitrogens with one attached hydrogen (secondary N) is 1. The molecule has 0 bridgehead atoms. The highest BCUT2D eigenvalue weighted by Crippen LogP contribution is 2.20. The van der Waals surface area contributed by atoms with E-state index in [1.165, 1.54) is 12.1 Å². The normalized spacial score (nSPS) is 11.4. The number of nitrogens with zero attached hydrogens (tertiary/aromatic N) is 3. The van der Waals surface area contributed by atoms with Gasteiger partial charge in [0.05, 0.1) is 11.0 Å². The smallest absolute Gasteiger partial charge is 0.263 e. The van der Waals surface area contributed by atoms with Gasteiger partial charge in [0.15, 0.2) is 11.6 Å². The van der Waals surface area contributed by atoms with Crippen molar-refractivity contribution in [2.75, 3.05) is 22.7 Å². The molecule has 1 heterocycles. The Labute approximate surface area is 161 Å². The van der Waals surface area contributed by atoms with Crippen LogP contribution in [0.25, 0.3) is 0 Å². The lowest BCUT2D eigenvalue weighted by atomic mass is 10.3. The number of hydrogen-bond donors (Lipinski definition) is 1. The standard InChI is InChI=1S/C19H28N4O3S/c1-5-13-23(14-6-2)19-12-11-18(20-21-19)22-27(24,25)17-9-7-16(8-10-17)26-15(3)4/h7-12,15H,5-6,13-14H2,1-4H3,(H,20,22). The van der Waals surface area contributed by atoms with E-state index in [1.807, 2.05) is 13.8 Å². The molecule has 0 amide bonds. The number of ether oxygens (including phenoxy) is 1. The van der Waals surface area contributed by atoms with Gasteiger partial charge in [-0.3, -0.25) is 4.72 Å². The third-order valence-corrected chi connectivity index (χ3v) is 5.08. The molecule has 0 saturated carbocycles. The molecule has 0 spiro atoms. The number of hydrogen-bond acceptors (Lipinski definition) is 6. The fourth-order valence-corrected chi connectivity index (χ4v) is 3.59. The molecule has 1 aromatic carbocycles. The molecule has 7 nitrogen and oxygen atoms in total. The van der Waals surface area contributed by atoms with Gasteiger partial charge >= 0.3 is 0 Å². The lowest BCUT2D eigenvalue weighted by molar-refractivity contribution is 0.242. The molecular weight excluding hydrogens is 364 g/mol. The molecule has 148 valence electrons. The Morgan fingerprint density at radius 1 is 1.00 bits per heavy atom. The number of rotatable bonds is 10. The van der Waals surface area contributed by atoms with E-state index >= 15 is 0 Å². The predicted octanol–water partition coefficient (Wildman–Crippen LogP) is 3.69. The zero-order valence-electron chi connectivity index (χ0n) is 16.3. The Morgan fingerprint density at radius 2 is 1.63 bits per heavy atom. The number of aromatic nitrogens is 2. The second kappa shape index (κ2) is 9.55. The lowest BCUT2D eigenvalue weighted by Crippen LogP contribution is -2.26. The summed E-state index contributed by atoms with van der Waals surface area (Å²) in [6.07, 6.45) is 2.04. The van der Waals surface area contributed by atoms with Gasteiger partial charge in [0.2, 0.25) is 0 Å². The fraction of sp³-hybridized carbons (Fsp3) is 0.474. The van der Waals surface area contributed by atoms with Gasteiger partial charge in [-0.15, -0.1) is 10.2 Å². The second-order valence-electron chi connectivity index (χ2n) is 6.51. The van der Waals surface area contributed by atoms with E-state index in [9.17, 15) is 8.42 Å². The van der Waals surface area contributed by atoms with E-state index in [4.69, 9.17) is 4.74 Å². The highest BCUT2D eigenvalue weighted by molar-refractivity contribution is 7.92. The Hall–Kier alpha value is -2.35. The first-order chi connectivity index (χ1) is 12.9. The van der Waals surface area contributed by atoms with E-state index in [0.717, 1.165) is 31.7 Å². The highest BCUT2D eigenvalue weighted by Gasteiger charge is 2.16. The number of sulfonamides is 1. The van der Waals surface area contributed by atoms with Crippen LogP contribution in [0.1, 0.15) is 40.5 Å². The van der Waals surface area contributed by atoms with Crippen molar-refractivity contribution in [2.24, 2.45) is 0 Å². The van der Waals surface area contributed by atoms with Gasteiger partial charge in [-0.05, 0) is 63.1 Å². The van der Waals surface area contributed by atoms with Gasteiger partial charge in [-0.2, -0.15) is 0 Å². The van der Waals surface area contributed by atoms with Crippen LogP contribution in [-0.4, -0.2) is 37.8 Å². The first-order valence-corrected chi connectivity index (χ1v) is 10.7. The molecule has 0 radical (unpaired) electrons. The summed E-state index contributed by atoms with van der Waals surface area (Å²) in [4.78, 5) is 2.28. The van der Waals surface area contributed by atoms with Gasteiger partial charge in [0, 0.05) is 13.1 Å². The zero-order valence-corrected chi connectivity index (χ0v) is 17.2. The maximum absolute atomic E-state index is 12.5. The van der Waals surface area contributed by atoms with Crippen molar-refractivity contribution in [1.29, 1.82) is 0 Å². The van der Waals surface area contributed by atoms with Crippen molar-refractivity contribution in [3.8, 4) is 5.75 Å². The summed E-state index contributed by atoms with van der Waals surface area (Å²) in [5.41, 5.74) is 0. The van der Waals surface area contributed by atoms with Crippen LogP contribution in [-0.2, 0) is 10.0 Å². The summed E-state index contributed by atoms with van der Waals surface area (Å²) in [5, 5.41) is 8.19. The van der Waals surface area contributed by atoms with E-state index in [0.29, 0.717) is 5.75 Å². The Balaban J connectivity index is 2.10. The largest absolute Gasteiger partial charge is 0.491 e. The molecule has 8 heteroatoms. The molecule has 0 aliphatic rings. The van der Waals surface area contributed by atoms with Crippen LogP contribution in [0.3, 0.4) is 0 Å². The number of benzene rings is 1. The van der Waals surface area contributed by atoms with E-state index in [2.05, 4.69) is 33.7 Å². The molecule has 27 heavy (non-hydrogen) atoms. The molecule has 2 aromatic rings. The molecular formula is C19H28N4O3S. The topological polar surface area (TPSA) is 84.4 Å². The van der Waals surface area contributed by atoms with Crippen molar-refractivity contribution < 1.29 is 13.2 Å². The molecule has 1 N–H and O–H groups in total. The van der Waals surface area contributed by atoms with Crippen LogP contribution in [0, 0.1) is 0 Å². The lowest BCUT2D eigenvalue weighted by Gasteiger charge is -2.21. The molecule has 0 atom stereocenters. The maximum Gasteiger partial charge on any atom is 0.263 e. The molecule has 1 aromatic heterocycles. The SMILES string of the molecule is CCCN(CCC)c1ccc(NS(=O)(=O)c2ccc(OC(C)C)cc2)nn1. The maximum atomic E-state index is 12.5. The number of anilines is 2. The van der Waals surface area contributed by atoms with Crippen LogP contribution in [0.4, 0.5) is 11.6 Å². The van der Waals surface area contributed by atoms with Gasteiger partial charge < -0.3 is 9.64 Å². The van der Waals surface area contributed by atoms with Crippen molar-refractivity contribution in [2.45, 2.75) is 51.5 Å². The minimum atomic E-state index is -3.73. The van der Waals surface area contributed by atoms with Gasteiger partial charge in [-0.25, -0.2) is 8.42 Å². The van der Waals surface area contributed by atoms with Crippen molar-refractivity contribution in [3.05, 3.63) is 36.4 Å². The first kappa shape index (κ1) is 21.0. The summed E-state index contributed by atoms with van der Waals surface area (Å²) in [7, 11) is -3.73. The quantitative estimate of drug-likeness (QED) is 0.664. The summed E-state index contributed by atoms with van der Waals surface area (Å²) in [5.74, 6) is 1.56. The molecule has 0 unspecified atom stereocenters. The predicted molar refractivity (Wildman–Crippen MR) is 108 cm³/mol. The van der Waals surface area contributed by atoms with Crippen molar-refractivity contribution >= 4 is 21.7 Å². The Morgan fingerprint density at radius 3 is 2.11 bits per heavy atom. The second-order valence-corrected chi connectivity index (χ2v) is 8.19. The molecule has 0 fully saturated rings. The van der Waals surface area contributed by atoms with Crippen molar-refractivity contribution in [1.82, 2.24) is 10.2 Å². The summed E-state index contributed by atoms with van der Waals surface area (Å²) < 4.78 is 33.1. The first-order valence-electron chi connectivity index (χ1n) is 9.24. The Kier molecular flexibility index (Phi) is 7.41. The van der Waals surface area contributed by atoms with E-state index in [1.54, 1.807) is 24.3 Å². The van der Waals surface area contributed by atoms with Crippen molar-refractivity contribution in [3.63, 3.8) is 0 Å². The molecule has 0 aliphatic heterocycles. The third-order valence-electron chi connectivity index (χ3n) is 3.71. The fourth-order valence-electron chi connectivity index (χ4n) is 2.60. The van der Waals surface area contributed by atoms with E-state index < -0.39 is 10.0 Å². The average molecular weight is 393 g/mol. The monoisotopic (exact) mass is 392 g/mol. The van der Waals surface area contributed by atoms with Gasteiger partial charge in [-0.1, -0.05) is 13.8 Å². The molecule has 0 aliphatic carbocycles. The average Bonchev–Trinajstić information content (AvgIpc) is 2.62. The van der Waals surface area contributed by atoms with Crippen LogP contribution < -0.4 is 14.4 Å². The third kappa shape index (κ3) is 6.09. The summed E-state index contributed by atoms with van der Waals surface area (Å²) in [6.45, 7) is 9.82. The van der Waals surface area contributed by atoms with Gasteiger partial charge in [0.25, 0.3) is 10.0 Å². The molecule has 0 saturated heterocycles. The van der Waals surface area contributed by atoms with Crippen LogP contribution >= 0.6 is 0 Å². The van der Waals surface area contributed by atoms with Crippen LogP contribution in [0.5, 0.6) is 5.75 Å². The summed E-state index contributed by atoms with van der Waals surface area (Å²) >= 11 is 0. The molecule has 2 rings (SSSR count). The highest BCUT2D eigenvalue weighted by atomic mass is 32.2. The summed E-state index contributed by atoms with van der Waals surface area (Å²) in [6, 6.07) is 9.70. The minimum Gasteiger partial charge on any atom is -0.491 e. The minimum absolute atomic E-state index is 0.0272. The Bertz CT molecular complexity index is 800. The van der Waals surface area contributed by atoms with Gasteiger partial charge in [0.1, 0.15) is 5.75 Å². The van der Waals surface area contributed by atoms with Crippen LogP contribution in [0.15, 0.2) is 41.3 Å². The zero-order chi connectivity index (χ0) is 19.9. The van der Waals surface area contributed by atoms with Crippen LogP contribution in [0.2, 0.25) is 0 Å².